The molecule has 0 bridgehead atoms. The van der Waals surface area contributed by atoms with Crippen LogP contribution in [0.5, 0.6) is 0 Å². The Morgan fingerprint density at radius 1 is 1.04 bits per heavy atom. The van der Waals surface area contributed by atoms with Gasteiger partial charge < -0.3 is 10.6 Å². The zero-order valence-corrected chi connectivity index (χ0v) is 15.2. The van der Waals surface area contributed by atoms with Crippen molar-refractivity contribution in [2.75, 3.05) is 10.6 Å². The highest BCUT2D eigenvalue weighted by Crippen LogP contribution is 2.30. The summed E-state index contributed by atoms with van der Waals surface area (Å²) in [6, 6.07) is 14.7. The maximum absolute atomic E-state index is 12.8. The highest BCUT2D eigenvalue weighted by atomic mass is 35.5. The largest absolute Gasteiger partial charge is 0.416 e. The number of rotatable bonds is 5. The van der Waals surface area contributed by atoms with Gasteiger partial charge in [-0.3, -0.25) is 4.79 Å². The minimum Gasteiger partial charge on any atom is -0.365 e. The minimum absolute atomic E-state index is 0.0485. The van der Waals surface area contributed by atoms with Gasteiger partial charge in [0.05, 0.1) is 11.1 Å². The standard InChI is InChI=1S/C20H15ClF3N3O/c21-15-8-6-13(7-9-15)12-26-18-17(5-2-10-25-18)19(28)27-16-4-1-3-14(11-16)20(22,23)24/h1-11H,12H2,(H,25,26)(H,27,28). The van der Waals surface area contributed by atoms with Crippen LogP contribution in [-0.4, -0.2) is 10.9 Å². The Bertz CT molecular complexity index is 975. The quantitative estimate of drug-likeness (QED) is 0.579. The van der Waals surface area contributed by atoms with Crippen molar-refractivity contribution in [1.82, 2.24) is 4.98 Å². The first kappa shape index (κ1) is 19.7. The molecule has 0 saturated heterocycles. The number of pyridine rings is 1. The van der Waals surface area contributed by atoms with E-state index in [2.05, 4.69) is 15.6 Å². The van der Waals surface area contributed by atoms with Crippen molar-refractivity contribution in [3.63, 3.8) is 0 Å². The zero-order chi connectivity index (χ0) is 20.1. The van der Waals surface area contributed by atoms with Crippen molar-refractivity contribution in [3.8, 4) is 0 Å². The number of anilines is 2. The molecule has 3 rings (SSSR count). The summed E-state index contributed by atoms with van der Waals surface area (Å²) in [5, 5.41) is 6.15. The van der Waals surface area contributed by atoms with E-state index in [0.717, 1.165) is 17.7 Å². The Labute approximate surface area is 164 Å². The molecule has 0 atom stereocenters. The number of carbonyl (C=O) groups is 1. The number of amides is 1. The Hall–Kier alpha value is -3.06. The highest BCUT2D eigenvalue weighted by Gasteiger charge is 2.30. The lowest BCUT2D eigenvalue weighted by Crippen LogP contribution is -2.16. The number of nitrogens with one attached hydrogen (secondary N) is 2. The van der Waals surface area contributed by atoms with Crippen molar-refractivity contribution in [2.24, 2.45) is 0 Å². The second-order valence-corrected chi connectivity index (χ2v) is 6.35. The molecule has 8 heteroatoms. The van der Waals surface area contributed by atoms with Gasteiger partial charge in [0.1, 0.15) is 5.82 Å². The molecular formula is C20H15ClF3N3O. The molecule has 1 aromatic heterocycles. The van der Waals surface area contributed by atoms with Gasteiger partial charge >= 0.3 is 6.18 Å². The van der Waals surface area contributed by atoms with Gasteiger partial charge in [-0.2, -0.15) is 13.2 Å². The number of nitrogens with zero attached hydrogens (tertiary/aromatic N) is 1. The fourth-order valence-electron chi connectivity index (χ4n) is 2.49. The summed E-state index contributed by atoms with van der Waals surface area (Å²) in [6.45, 7) is 0.401. The fraction of sp³-hybridized carbons (Fsp3) is 0.100. The van der Waals surface area contributed by atoms with E-state index in [1.54, 1.807) is 24.3 Å². The van der Waals surface area contributed by atoms with Crippen molar-refractivity contribution in [1.29, 1.82) is 0 Å². The SMILES string of the molecule is O=C(Nc1cccc(C(F)(F)F)c1)c1cccnc1NCc1ccc(Cl)cc1. The van der Waals surface area contributed by atoms with Gasteiger partial charge in [0, 0.05) is 23.5 Å². The van der Waals surface area contributed by atoms with Crippen molar-refractivity contribution >= 4 is 29.0 Å². The fourth-order valence-corrected chi connectivity index (χ4v) is 2.62. The maximum atomic E-state index is 12.8. The van der Waals surface area contributed by atoms with E-state index in [9.17, 15) is 18.0 Å². The van der Waals surface area contributed by atoms with Crippen LogP contribution in [0.2, 0.25) is 5.02 Å². The Kier molecular flexibility index (Phi) is 5.84. The molecule has 0 saturated carbocycles. The molecule has 0 radical (unpaired) electrons. The van der Waals surface area contributed by atoms with E-state index < -0.39 is 17.6 Å². The lowest BCUT2D eigenvalue weighted by molar-refractivity contribution is -0.137. The Balaban J connectivity index is 1.75. The summed E-state index contributed by atoms with van der Waals surface area (Å²) in [5.74, 6) is -0.243. The van der Waals surface area contributed by atoms with Crippen LogP contribution in [0.4, 0.5) is 24.7 Å². The molecule has 0 aliphatic carbocycles. The summed E-state index contributed by atoms with van der Waals surface area (Å²) in [7, 11) is 0. The molecule has 4 nitrogen and oxygen atoms in total. The smallest absolute Gasteiger partial charge is 0.365 e. The first-order valence-electron chi connectivity index (χ1n) is 8.25. The molecule has 1 amide bonds. The second kappa shape index (κ2) is 8.31. The molecule has 144 valence electrons. The van der Waals surface area contributed by atoms with E-state index in [4.69, 9.17) is 11.6 Å². The molecule has 28 heavy (non-hydrogen) atoms. The van der Waals surface area contributed by atoms with E-state index in [1.165, 1.54) is 18.3 Å². The van der Waals surface area contributed by atoms with E-state index >= 15 is 0 Å². The van der Waals surface area contributed by atoms with Gasteiger partial charge in [0.2, 0.25) is 0 Å². The molecule has 2 N–H and O–H groups in total. The third-order valence-electron chi connectivity index (χ3n) is 3.87. The molecule has 0 fully saturated rings. The lowest BCUT2D eigenvalue weighted by atomic mass is 10.1. The van der Waals surface area contributed by atoms with Crippen molar-refractivity contribution in [2.45, 2.75) is 12.7 Å². The van der Waals surface area contributed by atoms with Gasteiger partial charge in [-0.25, -0.2) is 4.98 Å². The first-order valence-corrected chi connectivity index (χ1v) is 8.63. The molecule has 0 aliphatic heterocycles. The number of alkyl halides is 3. The third-order valence-corrected chi connectivity index (χ3v) is 4.13. The molecule has 0 spiro atoms. The first-order chi connectivity index (χ1) is 13.3. The molecule has 2 aromatic carbocycles. The Morgan fingerprint density at radius 2 is 1.79 bits per heavy atom. The lowest BCUT2D eigenvalue weighted by Gasteiger charge is -2.13. The minimum atomic E-state index is -4.49. The number of hydrogen-bond donors (Lipinski definition) is 2. The van der Waals surface area contributed by atoms with Crippen LogP contribution in [0.3, 0.4) is 0 Å². The van der Waals surface area contributed by atoms with E-state index in [-0.39, 0.29) is 11.3 Å². The molecule has 1 heterocycles. The summed E-state index contributed by atoms with van der Waals surface area (Å²) in [6.07, 6.45) is -2.97. The predicted molar refractivity (Wildman–Crippen MR) is 102 cm³/mol. The topological polar surface area (TPSA) is 54.0 Å². The predicted octanol–water partition coefficient (Wildman–Crippen LogP) is 5.62. The number of hydrogen-bond acceptors (Lipinski definition) is 3. The number of benzene rings is 2. The number of aromatic nitrogens is 1. The highest BCUT2D eigenvalue weighted by molar-refractivity contribution is 6.30. The average Bonchev–Trinajstić information content (AvgIpc) is 2.67. The molecule has 0 unspecified atom stereocenters. The molecule has 3 aromatic rings. The van der Waals surface area contributed by atoms with Gasteiger partial charge in [-0.15, -0.1) is 0 Å². The monoisotopic (exact) mass is 405 g/mol. The molecule has 0 aliphatic rings. The van der Waals surface area contributed by atoms with E-state index in [0.29, 0.717) is 17.4 Å². The van der Waals surface area contributed by atoms with Crippen molar-refractivity contribution in [3.05, 3.63) is 88.6 Å². The van der Waals surface area contributed by atoms with Crippen molar-refractivity contribution < 1.29 is 18.0 Å². The summed E-state index contributed by atoms with van der Waals surface area (Å²) >= 11 is 5.86. The van der Waals surface area contributed by atoms with Gasteiger partial charge in [0.15, 0.2) is 0 Å². The van der Waals surface area contributed by atoms with Crippen LogP contribution in [-0.2, 0) is 12.7 Å². The zero-order valence-electron chi connectivity index (χ0n) is 14.4. The van der Waals surface area contributed by atoms with Crippen LogP contribution in [0.1, 0.15) is 21.5 Å². The second-order valence-electron chi connectivity index (χ2n) is 5.91. The van der Waals surface area contributed by atoms with Crippen LogP contribution in [0.15, 0.2) is 66.9 Å². The third kappa shape index (κ3) is 5.01. The molecular weight excluding hydrogens is 391 g/mol. The average molecular weight is 406 g/mol. The van der Waals surface area contributed by atoms with E-state index in [1.807, 2.05) is 12.1 Å². The van der Waals surface area contributed by atoms with Crippen LogP contribution in [0, 0.1) is 0 Å². The van der Waals surface area contributed by atoms with Crippen LogP contribution in [0.25, 0.3) is 0 Å². The van der Waals surface area contributed by atoms with Crippen LogP contribution < -0.4 is 10.6 Å². The van der Waals surface area contributed by atoms with Gasteiger partial charge in [-0.1, -0.05) is 29.8 Å². The van der Waals surface area contributed by atoms with Crippen LogP contribution >= 0.6 is 11.6 Å². The normalized spacial score (nSPS) is 11.1. The number of halogens is 4. The summed E-state index contributed by atoms with van der Waals surface area (Å²) < 4.78 is 38.5. The summed E-state index contributed by atoms with van der Waals surface area (Å²) in [5.41, 5.74) is 0.359. The number of carbonyl (C=O) groups excluding carboxylic acids is 1. The van der Waals surface area contributed by atoms with Gasteiger partial charge in [0.25, 0.3) is 5.91 Å². The maximum Gasteiger partial charge on any atom is 0.416 e. The summed E-state index contributed by atoms with van der Waals surface area (Å²) in [4.78, 5) is 16.7. The Morgan fingerprint density at radius 3 is 2.50 bits per heavy atom. The van der Waals surface area contributed by atoms with Gasteiger partial charge in [-0.05, 0) is 48.0 Å².